The van der Waals surface area contributed by atoms with E-state index in [1.807, 2.05) is 73.7 Å². The van der Waals surface area contributed by atoms with E-state index in [0.717, 1.165) is 16.6 Å². The molecule has 0 aliphatic carbocycles. The molecule has 0 atom stereocenters. The molecule has 168 valence electrons. The molecule has 8 heteroatoms. The van der Waals surface area contributed by atoms with E-state index in [9.17, 15) is 4.79 Å². The number of amides is 1. The van der Waals surface area contributed by atoms with Gasteiger partial charge in [-0.25, -0.2) is 10.4 Å². The van der Waals surface area contributed by atoms with Crippen LogP contribution in [0.3, 0.4) is 0 Å². The van der Waals surface area contributed by atoms with E-state index in [-0.39, 0.29) is 11.7 Å². The largest absolute Gasteiger partial charge is 0.493 e. The highest BCUT2D eigenvalue weighted by Crippen LogP contribution is 2.31. The van der Waals surface area contributed by atoms with E-state index in [0.29, 0.717) is 28.8 Å². The third-order valence-electron chi connectivity index (χ3n) is 4.83. The molecule has 33 heavy (non-hydrogen) atoms. The smallest absolute Gasteiger partial charge is 0.250 e. The number of nitrogens with one attached hydrogen (secondary N) is 2. The van der Waals surface area contributed by atoms with Gasteiger partial charge in [0.15, 0.2) is 16.7 Å². The van der Waals surface area contributed by atoms with Gasteiger partial charge in [-0.05, 0) is 36.8 Å². The summed E-state index contributed by atoms with van der Waals surface area (Å²) < 4.78 is 11.5. The number of hydrazone groups is 1. The van der Waals surface area contributed by atoms with Crippen molar-refractivity contribution in [2.45, 2.75) is 18.7 Å². The Morgan fingerprint density at radius 2 is 1.94 bits per heavy atom. The summed E-state index contributed by atoms with van der Waals surface area (Å²) in [4.78, 5) is 19.9. The van der Waals surface area contributed by atoms with E-state index in [1.54, 1.807) is 13.3 Å². The number of aryl methyl sites for hydroxylation is 1. The minimum atomic E-state index is -0.235. The Bertz CT molecular complexity index is 1240. The zero-order valence-electron chi connectivity index (χ0n) is 18.4. The van der Waals surface area contributed by atoms with Crippen LogP contribution in [0.4, 0.5) is 0 Å². The molecule has 0 saturated heterocycles. The van der Waals surface area contributed by atoms with E-state index >= 15 is 0 Å². The first-order valence-corrected chi connectivity index (χ1v) is 11.4. The number of ether oxygens (including phenoxy) is 2. The molecule has 2 N–H and O–H groups in total. The summed E-state index contributed by atoms with van der Waals surface area (Å²) >= 11 is 1.32. The zero-order valence-corrected chi connectivity index (χ0v) is 19.2. The lowest BCUT2D eigenvalue weighted by Gasteiger charge is -2.13. The first-order valence-electron chi connectivity index (χ1n) is 10.4. The number of fused-ring (bicyclic) bond motifs is 1. The lowest BCUT2D eigenvalue weighted by molar-refractivity contribution is -0.118. The molecule has 0 unspecified atom stereocenters. The van der Waals surface area contributed by atoms with Gasteiger partial charge in [-0.15, -0.1) is 0 Å². The highest BCUT2D eigenvalue weighted by atomic mass is 32.2. The van der Waals surface area contributed by atoms with Crippen LogP contribution in [0.15, 0.2) is 77.0 Å². The molecule has 0 aliphatic heterocycles. The number of aromatic amines is 1. The Morgan fingerprint density at radius 1 is 1.12 bits per heavy atom. The molecule has 0 spiro atoms. The van der Waals surface area contributed by atoms with Crippen molar-refractivity contribution in [3.05, 3.63) is 83.4 Å². The van der Waals surface area contributed by atoms with Gasteiger partial charge >= 0.3 is 0 Å². The fraction of sp³-hybridized carbons (Fsp3) is 0.160. The van der Waals surface area contributed by atoms with Crippen LogP contribution in [0.25, 0.3) is 11.0 Å². The van der Waals surface area contributed by atoms with Crippen molar-refractivity contribution >= 4 is 34.9 Å². The first-order chi connectivity index (χ1) is 16.1. The Morgan fingerprint density at radius 3 is 2.73 bits per heavy atom. The number of H-pyrrole nitrogens is 1. The second-order valence-corrected chi connectivity index (χ2v) is 8.26. The number of aromatic nitrogens is 2. The quantitative estimate of drug-likeness (QED) is 0.215. The van der Waals surface area contributed by atoms with Crippen molar-refractivity contribution in [1.29, 1.82) is 0 Å². The minimum absolute atomic E-state index is 0.187. The van der Waals surface area contributed by atoms with Crippen molar-refractivity contribution in [3.63, 3.8) is 0 Å². The van der Waals surface area contributed by atoms with Gasteiger partial charge < -0.3 is 14.5 Å². The van der Waals surface area contributed by atoms with Gasteiger partial charge in [0.1, 0.15) is 6.61 Å². The van der Waals surface area contributed by atoms with Gasteiger partial charge in [-0.1, -0.05) is 59.8 Å². The number of thioether (sulfide) groups is 1. The maximum atomic E-state index is 12.2. The molecular formula is C25H24N4O3S. The second-order valence-electron chi connectivity index (χ2n) is 7.29. The van der Waals surface area contributed by atoms with Crippen LogP contribution in [-0.2, 0) is 11.4 Å². The summed E-state index contributed by atoms with van der Waals surface area (Å²) in [6, 6.07) is 21.4. The molecule has 0 radical (unpaired) electrons. The Kier molecular flexibility index (Phi) is 7.26. The van der Waals surface area contributed by atoms with Gasteiger partial charge in [0, 0.05) is 5.56 Å². The van der Waals surface area contributed by atoms with Gasteiger partial charge in [-0.3, -0.25) is 4.79 Å². The summed E-state index contributed by atoms with van der Waals surface area (Å²) in [5, 5.41) is 4.78. The molecule has 4 aromatic rings. The van der Waals surface area contributed by atoms with Gasteiger partial charge in [0.25, 0.3) is 5.91 Å². The molecule has 7 nitrogen and oxygen atoms in total. The Hall–Kier alpha value is -3.78. The molecule has 0 bridgehead atoms. The zero-order chi connectivity index (χ0) is 23.0. The number of methoxy groups -OCH3 is 1. The van der Waals surface area contributed by atoms with E-state index in [4.69, 9.17) is 9.47 Å². The van der Waals surface area contributed by atoms with Crippen LogP contribution in [0.1, 0.15) is 16.7 Å². The number of hydrogen-bond donors (Lipinski definition) is 2. The molecule has 1 aromatic heterocycles. The number of rotatable bonds is 9. The van der Waals surface area contributed by atoms with Crippen LogP contribution in [0, 0.1) is 6.92 Å². The highest BCUT2D eigenvalue weighted by molar-refractivity contribution is 7.99. The maximum Gasteiger partial charge on any atom is 0.250 e. The summed E-state index contributed by atoms with van der Waals surface area (Å²) in [6.07, 6.45) is 1.55. The molecule has 0 saturated carbocycles. The van der Waals surface area contributed by atoms with Crippen LogP contribution < -0.4 is 14.9 Å². The number of carbonyl (C=O) groups excluding carboxylic acids is 1. The highest BCUT2D eigenvalue weighted by Gasteiger charge is 2.10. The standard InChI is InChI=1S/C25H24N4O3S/c1-17-10-12-18(13-11-17)15-32-24-19(6-5-9-22(24)31-2)14-26-29-23(30)16-33-25-27-20-7-3-4-8-21(20)28-25/h3-14H,15-16H2,1-2H3,(H,27,28)(H,29,30)/b26-14+. The molecular weight excluding hydrogens is 436 g/mol. The Balaban J connectivity index is 1.36. The van der Waals surface area contributed by atoms with Crippen molar-refractivity contribution < 1.29 is 14.3 Å². The van der Waals surface area contributed by atoms with Crippen molar-refractivity contribution in [1.82, 2.24) is 15.4 Å². The predicted octanol–water partition coefficient (Wildman–Crippen LogP) is 4.70. The molecule has 1 amide bonds. The minimum Gasteiger partial charge on any atom is -0.493 e. The van der Waals surface area contributed by atoms with Crippen LogP contribution in [0.2, 0.25) is 0 Å². The van der Waals surface area contributed by atoms with Crippen LogP contribution in [-0.4, -0.2) is 35.0 Å². The van der Waals surface area contributed by atoms with Crippen molar-refractivity contribution in [2.24, 2.45) is 5.10 Å². The van der Waals surface area contributed by atoms with Crippen molar-refractivity contribution in [3.8, 4) is 11.5 Å². The van der Waals surface area contributed by atoms with Gasteiger partial charge in [-0.2, -0.15) is 5.10 Å². The molecule has 0 aliphatic rings. The fourth-order valence-corrected chi connectivity index (χ4v) is 3.80. The summed E-state index contributed by atoms with van der Waals surface area (Å²) in [5.41, 5.74) is 7.30. The van der Waals surface area contributed by atoms with Crippen molar-refractivity contribution in [2.75, 3.05) is 12.9 Å². The summed E-state index contributed by atoms with van der Waals surface area (Å²) in [6.45, 7) is 2.44. The maximum absolute atomic E-state index is 12.2. The van der Waals surface area contributed by atoms with Crippen LogP contribution >= 0.6 is 11.8 Å². The lowest BCUT2D eigenvalue weighted by atomic mass is 10.1. The third kappa shape index (κ3) is 5.93. The van der Waals surface area contributed by atoms with Crippen LogP contribution in [0.5, 0.6) is 11.5 Å². The first kappa shape index (κ1) is 22.4. The fourth-order valence-electron chi connectivity index (χ4n) is 3.13. The number of nitrogens with zero attached hydrogens (tertiary/aromatic N) is 2. The average molecular weight is 461 g/mol. The lowest BCUT2D eigenvalue weighted by Crippen LogP contribution is -2.19. The monoisotopic (exact) mass is 460 g/mol. The molecule has 3 aromatic carbocycles. The number of benzene rings is 3. The van der Waals surface area contributed by atoms with Gasteiger partial charge in [0.05, 0.1) is 30.1 Å². The number of imidazole rings is 1. The van der Waals surface area contributed by atoms with E-state index in [2.05, 4.69) is 20.5 Å². The summed E-state index contributed by atoms with van der Waals surface area (Å²) in [7, 11) is 1.59. The SMILES string of the molecule is COc1cccc(/C=N/NC(=O)CSc2nc3ccccc3[nH]2)c1OCc1ccc(C)cc1. The predicted molar refractivity (Wildman–Crippen MR) is 131 cm³/mol. The molecule has 4 rings (SSSR count). The number of carbonyl (C=O) groups is 1. The summed E-state index contributed by atoms with van der Waals surface area (Å²) in [5.74, 6) is 1.11. The molecule has 1 heterocycles. The van der Waals surface area contributed by atoms with Gasteiger partial charge in [0.2, 0.25) is 0 Å². The van der Waals surface area contributed by atoms with E-state index < -0.39 is 0 Å². The third-order valence-corrected chi connectivity index (χ3v) is 5.71. The number of hydrogen-bond acceptors (Lipinski definition) is 6. The Labute approximate surface area is 196 Å². The average Bonchev–Trinajstić information content (AvgIpc) is 3.26. The molecule has 0 fully saturated rings. The topological polar surface area (TPSA) is 88.6 Å². The normalized spacial score (nSPS) is 11.1. The number of para-hydroxylation sites is 3. The second kappa shape index (κ2) is 10.7. The van der Waals surface area contributed by atoms with E-state index in [1.165, 1.54) is 17.3 Å².